The zero-order valence-electron chi connectivity index (χ0n) is 13.2. The molecule has 1 N–H and O–H groups in total. The number of carbonyl (C=O) groups is 1. The number of carbonyl (C=O) groups excluding carboxylic acids is 1. The van der Waals surface area contributed by atoms with E-state index in [0.29, 0.717) is 5.02 Å². The van der Waals surface area contributed by atoms with E-state index < -0.39 is 5.97 Å². The van der Waals surface area contributed by atoms with Gasteiger partial charge in [-0.15, -0.1) is 0 Å². The molecule has 0 aliphatic heterocycles. The molecule has 4 nitrogen and oxygen atoms in total. The SMILES string of the molecule is O=C(O/N=C1\CCCc2[nH]c3ccccc3c21)c1ccc(Cl)cc1Cl. The summed E-state index contributed by atoms with van der Waals surface area (Å²) in [5.41, 5.74) is 4.25. The summed E-state index contributed by atoms with van der Waals surface area (Å²) in [4.78, 5) is 20.9. The first-order chi connectivity index (χ1) is 12.1. The van der Waals surface area contributed by atoms with E-state index in [1.807, 2.05) is 24.3 Å². The first-order valence-electron chi connectivity index (χ1n) is 7.96. The molecule has 1 aromatic heterocycles. The predicted octanol–water partition coefficient (Wildman–Crippen LogP) is 5.37. The predicted molar refractivity (Wildman–Crippen MR) is 99.7 cm³/mol. The molecule has 1 aliphatic rings. The number of rotatable bonds is 2. The number of hydrogen-bond acceptors (Lipinski definition) is 3. The van der Waals surface area contributed by atoms with Gasteiger partial charge in [0.2, 0.25) is 0 Å². The third-order valence-electron chi connectivity index (χ3n) is 4.30. The number of hydrogen-bond donors (Lipinski definition) is 1. The number of aryl methyl sites for hydroxylation is 1. The van der Waals surface area contributed by atoms with Crippen molar-refractivity contribution in [3.8, 4) is 0 Å². The monoisotopic (exact) mass is 372 g/mol. The van der Waals surface area contributed by atoms with Crippen molar-refractivity contribution in [2.45, 2.75) is 19.3 Å². The van der Waals surface area contributed by atoms with Crippen LogP contribution in [0.4, 0.5) is 0 Å². The number of halogens is 2. The quantitative estimate of drug-likeness (QED) is 0.485. The molecule has 2 aromatic carbocycles. The highest BCUT2D eigenvalue weighted by atomic mass is 35.5. The van der Waals surface area contributed by atoms with E-state index in [2.05, 4.69) is 10.1 Å². The molecule has 0 saturated heterocycles. The second kappa shape index (κ2) is 6.54. The Bertz CT molecular complexity index is 1010. The average Bonchev–Trinajstić information content (AvgIpc) is 2.99. The smallest absolute Gasteiger partial charge is 0.358 e. The van der Waals surface area contributed by atoms with Crippen molar-refractivity contribution in [2.24, 2.45) is 5.16 Å². The Hall–Kier alpha value is -2.30. The lowest BCUT2D eigenvalue weighted by atomic mass is 9.94. The van der Waals surface area contributed by atoms with Gasteiger partial charge in [0.1, 0.15) is 0 Å². The number of aromatic nitrogens is 1. The first kappa shape index (κ1) is 16.2. The highest BCUT2D eigenvalue weighted by Crippen LogP contribution is 2.30. The molecule has 0 atom stereocenters. The van der Waals surface area contributed by atoms with E-state index in [1.165, 1.54) is 12.1 Å². The van der Waals surface area contributed by atoms with Gasteiger partial charge in [0.05, 0.1) is 16.3 Å². The van der Waals surface area contributed by atoms with E-state index in [0.717, 1.165) is 47.1 Å². The number of aromatic amines is 1. The van der Waals surface area contributed by atoms with Gasteiger partial charge in [-0.05, 0) is 43.5 Å². The van der Waals surface area contributed by atoms with Gasteiger partial charge in [0.15, 0.2) is 0 Å². The van der Waals surface area contributed by atoms with Crippen LogP contribution in [0, 0.1) is 0 Å². The minimum absolute atomic E-state index is 0.241. The maximum Gasteiger partial charge on any atom is 0.367 e. The van der Waals surface area contributed by atoms with Crippen LogP contribution in [0.15, 0.2) is 47.6 Å². The van der Waals surface area contributed by atoms with Gasteiger partial charge in [-0.2, -0.15) is 0 Å². The summed E-state index contributed by atoms with van der Waals surface area (Å²) in [6.07, 6.45) is 2.67. The topological polar surface area (TPSA) is 54.4 Å². The zero-order chi connectivity index (χ0) is 17.4. The molecule has 1 aliphatic carbocycles. The fourth-order valence-electron chi connectivity index (χ4n) is 3.16. The molecule has 3 aromatic rings. The van der Waals surface area contributed by atoms with E-state index in [-0.39, 0.29) is 10.6 Å². The number of fused-ring (bicyclic) bond motifs is 3. The molecule has 0 saturated carbocycles. The van der Waals surface area contributed by atoms with Crippen molar-refractivity contribution in [1.82, 2.24) is 4.98 Å². The third kappa shape index (κ3) is 3.03. The Kier molecular flexibility index (Phi) is 4.24. The van der Waals surface area contributed by atoms with Crippen LogP contribution in [0.25, 0.3) is 10.9 Å². The number of oxime groups is 1. The van der Waals surface area contributed by atoms with Gasteiger partial charge in [-0.1, -0.05) is 46.6 Å². The summed E-state index contributed by atoms with van der Waals surface area (Å²) < 4.78 is 0. The van der Waals surface area contributed by atoms with Gasteiger partial charge in [0.25, 0.3) is 0 Å². The molecule has 4 rings (SSSR count). The van der Waals surface area contributed by atoms with Crippen LogP contribution in [0.3, 0.4) is 0 Å². The minimum Gasteiger partial charge on any atom is -0.358 e. The lowest BCUT2D eigenvalue weighted by Crippen LogP contribution is -2.13. The Morgan fingerprint density at radius 2 is 1.96 bits per heavy atom. The summed E-state index contributed by atoms with van der Waals surface area (Å²) >= 11 is 11.9. The fraction of sp³-hybridized carbons (Fsp3) is 0.158. The van der Waals surface area contributed by atoms with Crippen LogP contribution in [-0.4, -0.2) is 16.7 Å². The summed E-state index contributed by atoms with van der Waals surface area (Å²) in [5, 5.41) is 5.94. The van der Waals surface area contributed by atoms with Crippen LogP contribution in [-0.2, 0) is 11.3 Å². The lowest BCUT2D eigenvalue weighted by molar-refractivity contribution is 0.0515. The molecule has 0 unspecified atom stereocenters. The third-order valence-corrected chi connectivity index (χ3v) is 4.85. The van der Waals surface area contributed by atoms with Gasteiger partial charge >= 0.3 is 5.97 Å². The molecule has 6 heteroatoms. The summed E-state index contributed by atoms with van der Waals surface area (Å²) in [5.74, 6) is -0.596. The fourth-order valence-corrected chi connectivity index (χ4v) is 3.65. The Morgan fingerprint density at radius 1 is 1.12 bits per heavy atom. The summed E-state index contributed by atoms with van der Waals surface area (Å²) in [7, 11) is 0. The molecule has 126 valence electrons. The van der Waals surface area contributed by atoms with Crippen molar-refractivity contribution < 1.29 is 9.63 Å². The van der Waals surface area contributed by atoms with Gasteiger partial charge in [-0.25, -0.2) is 4.79 Å². The highest BCUT2D eigenvalue weighted by molar-refractivity contribution is 6.36. The van der Waals surface area contributed by atoms with E-state index in [4.69, 9.17) is 28.0 Å². The summed E-state index contributed by atoms with van der Waals surface area (Å²) in [6, 6.07) is 12.7. The van der Waals surface area contributed by atoms with Crippen LogP contribution >= 0.6 is 23.2 Å². The minimum atomic E-state index is -0.596. The van der Waals surface area contributed by atoms with E-state index >= 15 is 0 Å². The van der Waals surface area contributed by atoms with E-state index in [9.17, 15) is 4.79 Å². The van der Waals surface area contributed by atoms with E-state index in [1.54, 1.807) is 6.07 Å². The molecular weight excluding hydrogens is 359 g/mol. The van der Waals surface area contributed by atoms with Gasteiger partial charge in [-0.3, -0.25) is 0 Å². The van der Waals surface area contributed by atoms with Crippen molar-refractivity contribution in [3.05, 3.63) is 69.3 Å². The maximum atomic E-state index is 12.3. The molecule has 0 spiro atoms. The van der Waals surface area contributed by atoms with Gasteiger partial charge in [0, 0.05) is 27.2 Å². The summed E-state index contributed by atoms with van der Waals surface area (Å²) in [6.45, 7) is 0. The van der Waals surface area contributed by atoms with Crippen LogP contribution in [0.5, 0.6) is 0 Å². The molecule has 0 radical (unpaired) electrons. The molecule has 25 heavy (non-hydrogen) atoms. The zero-order valence-corrected chi connectivity index (χ0v) is 14.7. The first-order valence-corrected chi connectivity index (χ1v) is 8.72. The number of nitrogens with zero attached hydrogens (tertiary/aromatic N) is 1. The number of H-pyrrole nitrogens is 1. The largest absolute Gasteiger partial charge is 0.367 e. The number of nitrogens with one attached hydrogen (secondary N) is 1. The standard InChI is InChI=1S/C19H14Cl2N2O2/c20-11-8-9-12(14(21)10-11)19(24)25-23-17-7-3-6-16-18(17)13-4-1-2-5-15(13)22-16/h1-2,4-5,8-10,22H,3,6-7H2/b23-17+. The normalized spacial score (nSPS) is 15.4. The number of para-hydroxylation sites is 1. The van der Waals surface area contributed by atoms with Crippen molar-refractivity contribution in [2.75, 3.05) is 0 Å². The Balaban J connectivity index is 1.66. The second-order valence-corrected chi connectivity index (χ2v) is 6.76. The Morgan fingerprint density at radius 3 is 2.80 bits per heavy atom. The van der Waals surface area contributed by atoms with Crippen molar-refractivity contribution in [3.63, 3.8) is 0 Å². The molecular formula is C19H14Cl2N2O2. The van der Waals surface area contributed by atoms with Crippen LogP contribution in [0.2, 0.25) is 10.0 Å². The van der Waals surface area contributed by atoms with Crippen LogP contribution < -0.4 is 0 Å². The maximum absolute atomic E-state index is 12.3. The van der Waals surface area contributed by atoms with Crippen molar-refractivity contribution in [1.29, 1.82) is 0 Å². The number of benzene rings is 2. The molecule has 1 heterocycles. The van der Waals surface area contributed by atoms with Crippen molar-refractivity contribution >= 4 is 45.8 Å². The molecule has 0 amide bonds. The molecule has 0 fully saturated rings. The van der Waals surface area contributed by atoms with Crippen LogP contribution in [0.1, 0.15) is 34.5 Å². The lowest BCUT2D eigenvalue weighted by Gasteiger charge is -2.13. The molecule has 0 bridgehead atoms. The average molecular weight is 373 g/mol. The van der Waals surface area contributed by atoms with Gasteiger partial charge < -0.3 is 9.82 Å². The highest BCUT2D eigenvalue weighted by Gasteiger charge is 2.22. The Labute approximate surface area is 154 Å². The second-order valence-electron chi connectivity index (χ2n) is 5.92.